The minimum atomic E-state index is -0.198. The molecule has 0 amide bonds. The predicted molar refractivity (Wildman–Crippen MR) is 69.4 cm³/mol. The highest BCUT2D eigenvalue weighted by molar-refractivity contribution is 5.13. The van der Waals surface area contributed by atoms with Gasteiger partial charge in [0.15, 0.2) is 0 Å². The summed E-state index contributed by atoms with van der Waals surface area (Å²) in [5, 5.41) is 7.89. The van der Waals surface area contributed by atoms with Crippen LogP contribution in [0.5, 0.6) is 0 Å². The maximum Gasteiger partial charge on any atom is 0.0935 e. The SMILES string of the molecule is CCOC1(C(NC)c2ccn(C)n2)CCOCC1. The number of nitrogens with zero attached hydrogens (tertiary/aromatic N) is 2. The van der Waals surface area contributed by atoms with Crippen LogP contribution in [0.4, 0.5) is 0 Å². The zero-order valence-electron chi connectivity index (χ0n) is 11.5. The van der Waals surface area contributed by atoms with E-state index in [1.165, 1.54) is 0 Å². The molecule has 2 rings (SSSR count). The Morgan fingerprint density at radius 2 is 2.28 bits per heavy atom. The molecule has 1 unspecified atom stereocenters. The quantitative estimate of drug-likeness (QED) is 0.858. The Kier molecular flexibility index (Phi) is 4.37. The molecular formula is C13H23N3O2. The van der Waals surface area contributed by atoms with Gasteiger partial charge in [-0.05, 0) is 20.0 Å². The van der Waals surface area contributed by atoms with E-state index in [1.54, 1.807) is 0 Å². The Labute approximate surface area is 108 Å². The summed E-state index contributed by atoms with van der Waals surface area (Å²) in [4.78, 5) is 0. The van der Waals surface area contributed by atoms with Gasteiger partial charge in [0.2, 0.25) is 0 Å². The molecule has 1 atom stereocenters. The molecule has 0 aromatic carbocycles. The van der Waals surface area contributed by atoms with E-state index >= 15 is 0 Å². The first kappa shape index (κ1) is 13.5. The topological polar surface area (TPSA) is 48.3 Å². The van der Waals surface area contributed by atoms with E-state index in [9.17, 15) is 0 Å². The van der Waals surface area contributed by atoms with Crippen molar-refractivity contribution in [1.29, 1.82) is 0 Å². The third-order valence-electron chi connectivity index (χ3n) is 3.62. The second kappa shape index (κ2) is 5.82. The standard InChI is InChI=1S/C13H23N3O2/c1-4-18-13(6-9-17-10-7-13)12(14-2)11-5-8-16(3)15-11/h5,8,12,14H,4,6-7,9-10H2,1-3H3. The molecule has 1 aromatic heterocycles. The first-order valence-corrected chi connectivity index (χ1v) is 6.60. The molecule has 1 aromatic rings. The van der Waals surface area contributed by atoms with Crippen LogP contribution in [0.2, 0.25) is 0 Å². The van der Waals surface area contributed by atoms with Crippen molar-refractivity contribution in [3.63, 3.8) is 0 Å². The highest BCUT2D eigenvalue weighted by Gasteiger charge is 2.42. The zero-order chi connectivity index (χ0) is 13.0. The van der Waals surface area contributed by atoms with Crippen molar-refractivity contribution in [3.05, 3.63) is 18.0 Å². The van der Waals surface area contributed by atoms with Crippen molar-refractivity contribution in [1.82, 2.24) is 15.1 Å². The van der Waals surface area contributed by atoms with Gasteiger partial charge in [-0.3, -0.25) is 4.68 Å². The van der Waals surface area contributed by atoms with Gasteiger partial charge < -0.3 is 14.8 Å². The molecule has 0 aliphatic carbocycles. The molecule has 1 N–H and O–H groups in total. The van der Waals surface area contributed by atoms with Crippen molar-refractivity contribution in [3.8, 4) is 0 Å². The Balaban J connectivity index is 2.26. The van der Waals surface area contributed by atoms with Crippen molar-refractivity contribution in [2.24, 2.45) is 7.05 Å². The third-order valence-corrected chi connectivity index (χ3v) is 3.62. The van der Waals surface area contributed by atoms with Gasteiger partial charge in [-0.1, -0.05) is 0 Å². The van der Waals surface area contributed by atoms with Crippen molar-refractivity contribution >= 4 is 0 Å². The molecule has 1 aliphatic rings. The van der Waals surface area contributed by atoms with E-state index in [0.717, 1.165) is 31.7 Å². The predicted octanol–water partition coefficient (Wildman–Crippen LogP) is 1.27. The molecule has 1 aliphatic heterocycles. The van der Waals surface area contributed by atoms with Crippen LogP contribution in [-0.4, -0.2) is 42.2 Å². The zero-order valence-corrected chi connectivity index (χ0v) is 11.5. The summed E-state index contributed by atoms with van der Waals surface area (Å²) in [5.41, 5.74) is 0.839. The number of nitrogens with one attached hydrogen (secondary N) is 1. The number of aryl methyl sites for hydroxylation is 1. The minimum Gasteiger partial charge on any atom is -0.381 e. The van der Waals surface area contributed by atoms with E-state index in [-0.39, 0.29) is 11.6 Å². The summed E-state index contributed by atoms with van der Waals surface area (Å²) in [6.45, 7) is 4.27. The van der Waals surface area contributed by atoms with Crippen LogP contribution in [0, 0.1) is 0 Å². The molecule has 1 fully saturated rings. The molecule has 1 saturated heterocycles. The average Bonchev–Trinajstić information content (AvgIpc) is 2.78. The van der Waals surface area contributed by atoms with Gasteiger partial charge in [-0.2, -0.15) is 5.10 Å². The Morgan fingerprint density at radius 3 is 2.78 bits per heavy atom. The van der Waals surface area contributed by atoms with E-state index in [2.05, 4.69) is 16.5 Å². The summed E-state index contributed by atoms with van der Waals surface area (Å²) >= 11 is 0. The summed E-state index contributed by atoms with van der Waals surface area (Å²) in [5.74, 6) is 0. The van der Waals surface area contributed by atoms with Crippen LogP contribution in [0.25, 0.3) is 0 Å². The van der Waals surface area contributed by atoms with Crippen molar-refractivity contribution < 1.29 is 9.47 Å². The van der Waals surface area contributed by atoms with Gasteiger partial charge in [0, 0.05) is 45.9 Å². The van der Waals surface area contributed by atoms with Crippen LogP contribution in [0.3, 0.4) is 0 Å². The second-order valence-electron chi connectivity index (χ2n) is 4.75. The molecule has 0 saturated carbocycles. The molecule has 0 radical (unpaired) electrons. The van der Waals surface area contributed by atoms with Crippen LogP contribution >= 0.6 is 0 Å². The number of ether oxygens (including phenoxy) is 2. The molecule has 102 valence electrons. The molecule has 0 spiro atoms. The average molecular weight is 253 g/mol. The van der Waals surface area contributed by atoms with Gasteiger partial charge in [0.25, 0.3) is 0 Å². The largest absolute Gasteiger partial charge is 0.381 e. The molecular weight excluding hydrogens is 230 g/mol. The number of rotatable bonds is 5. The van der Waals surface area contributed by atoms with Crippen LogP contribution in [-0.2, 0) is 16.5 Å². The molecule has 2 heterocycles. The number of hydrogen-bond donors (Lipinski definition) is 1. The lowest BCUT2D eigenvalue weighted by atomic mass is 9.84. The third kappa shape index (κ3) is 2.58. The normalized spacial score (nSPS) is 20.8. The van der Waals surface area contributed by atoms with Crippen LogP contribution in [0.1, 0.15) is 31.5 Å². The van der Waals surface area contributed by atoms with Crippen molar-refractivity contribution in [2.75, 3.05) is 26.9 Å². The van der Waals surface area contributed by atoms with E-state index in [1.807, 2.05) is 31.9 Å². The fourth-order valence-electron chi connectivity index (χ4n) is 2.79. The molecule has 5 nitrogen and oxygen atoms in total. The second-order valence-corrected chi connectivity index (χ2v) is 4.75. The molecule has 5 heteroatoms. The number of hydrogen-bond acceptors (Lipinski definition) is 4. The first-order chi connectivity index (χ1) is 8.72. The highest BCUT2D eigenvalue weighted by Crippen LogP contribution is 2.36. The van der Waals surface area contributed by atoms with Crippen LogP contribution < -0.4 is 5.32 Å². The van der Waals surface area contributed by atoms with Crippen molar-refractivity contribution in [2.45, 2.75) is 31.4 Å². The maximum absolute atomic E-state index is 6.10. The van der Waals surface area contributed by atoms with Gasteiger partial charge >= 0.3 is 0 Å². The monoisotopic (exact) mass is 253 g/mol. The fraction of sp³-hybridized carbons (Fsp3) is 0.769. The van der Waals surface area contributed by atoms with Gasteiger partial charge in [0.1, 0.15) is 0 Å². The lowest BCUT2D eigenvalue weighted by Gasteiger charge is -2.42. The van der Waals surface area contributed by atoms with Crippen LogP contribution in [0.15, 0.2) is 12.3 Å². The Bertz CT molecular complexity index is 367. The number of likely N-dealkylation sites (N-methyl/N-ethyl adjacent to an activating group) is 1. The van der Waals surface area contributed by atoms with E-state index in [0.29, 0.717) is 6.61 Å². The minimum absolute atomic E-state index is 0.113. The summed E-state index contributed by atoms with van der Waals surface area (Å²) in [6, 6.07) is 2.17. The maximum atomic E-state index is 6.10. The summed E-state index contributed by atoms with van der Waals surface area (Å²) in [6.07, 6.45) is 3.78. The Morgan fingerprint density at radius 1 is 1.56 bits per heavy atom. The first-order valence-electron chi connectivity index (χ1n) is 6.60. The van der Waals surface area contributed by atoms with Gasteiger partial charge in [-0.25, -0.2) is 0 Å². The summed E-state index contributed by atoms with van der Waals surface area (Å²) < 4.78 is 13.4. The lowest BCUT2D eigenvalue weighted by Crippen LogP contribution is -2.49. The Hall–Kier alpha value is -0.910. The molecule has 0 bridgehead atoms. The van der Waals surface area contributed by atoms with E-state index in [4.69, 9.17) is 9.47 Å². The summed E-state index contributed by atoms with van der Waals surface area (Å²) in [7, 11) is 3.91. The molecule has 18 heavy (non-hydrogen) atoms. The van der Waals surface area contributed by atoms with E-state index < -0.39 is 0 Å². The number of aromatic nitrogens is 2. The smallest absolute Gasteiger partial charge is 0.0935 e. The fourth-order valence-corrected chi connectivity index (χ4v) is 2.79. The lowest BCUT2D eigenvalue weighted by molar-refractivity contribution is -0.127. The van der Waals surface area contributed by atoms with Gasteiger partial charge in [-0.15, -0.1) is 0 Å². The van der Waals surface area contributed by atoms with Gasteiger partial charge in [0.05, 0.1) is 17.3 Å². The highest BCUT2D eigenvalue weighted by atomic mass is 16.5.